The van der Waals surface area contributed by atoms with Gasteiger partial charge in [-0.15, -0.1) is 0 Å². The molecule has 0 radical (unpaired) electrons. The molecule has 0 atom stereocenters. The van der Waals surface area contributed by atoms with Crippen LogP contribution in [0.4, 0.5) is 20.2 Å². The molecule has 3 aromatic carbocycles. The van der Waals surface area contributed by atoms with E-state index in [1.54, 1.807) is 48.5 Å². The van der Waals surface area contributed by atoms with Gasteiger partial charge in [-0.2, -0.15) is 10.5 Å². The Bertz CT molecular complexity index is 1150. The van der Waals surface area contributed by atoms with Crippen LogP contribution in [0.25, 0.3) is 0 Å². The fourth-order valence-corrected chi connectivity index (χ4v) is 3.63. The number of halogens is 2. The fraction of sp³-hybridized carbons (Fsp3) is 0.0909. The number of nitriles is 2. The highest BCUT2D eigenvalue weighted by Gasteiger charge is 2.26. The molecule has 0 heterocycles. The number of rotatable bonds is 5. The van der Waals surface area contributed by atoms with E-state index < -0.39 is 22.8 Å². The molecule has 0 bridgehead atoms. The van der Waals surface area contributed by atoms with Gasteiger partial charge in [-0.1, -0.05) is 41.6 Å². The lowest BCUT2D eigenvalue weighted by molar-refractivity contribution is 0.416. The van der Waals surface area contributed by atoms with E-state index in [1.807, 2.05) is 19.1 Å². The van der Waals surface area contributed by atoms with Gasteiger partial charge in [0.2, 0.25) is 0 Å². The Labute approximate surface area is 171 Å². The van der Waals surface area contributed by atoms with E-state index in [2.05, 4.69) is 5.32 Å². The maximum absolute atomic E-state index is 15.2. The molecule has 0 amide bonds. The van der Waals surface area contributed by atoms with E-state index in [-0.39, 0.29) is 10.6 Å². The third kappa shape index (κ3) is 4.01. The number of methoxy groups -OCH3 is 1. The normalized spacial score (nSPS) is 10.1. The molecule has 4 nitrogen and oxygen atoms in total. The van der Waals surface area contributed by atoms with Gasteiger partial charge in [0.25, 0.3) is 0 Å². The van der Waals surface area contributed by atoms with E-state index in [9.17, 15) is 10.5 Å². The second kappa shape index (κ2) is 8.64. The third-order valence-corrected chi connectivity index (χ3v) is 5.26. The SMILES string of the molecule is COc1ccccc1Nc1c(F)c(C#N)c(C#N)c(F)c1Sc1ccc(C)cc1. The summed E-state index contributed by atoms with van der Waals surface area (Å²) in [6.07, 6.45) is 0. The standard InChI is InChI=1S/C22H15F2N3OS/c1-13-7-9-14(10-8-13)29-22-20(24)16(12-26)15(11-25)19(23)21(22)27-17-5-3-4-6-18(17)28-2/h3-10,27H,1-2H3. The molecule has 0 spiro atoms. The molecule has 1 N–H and O–H groups in total. The van der Waals surface area contributed by atoms with Crippen LogP contribution in [-0.2, 0) is 0 Å². The maximum Gasteiger partial charge on any atom is 0.167 e. The number of ether oxygens (including phenoxy) is 1. The summed E-state index contributed by atoms with van der Waals surface area (Å²) in [5, 5.41) is 21.4. The van der Waals surface area contributed by atoms with Crippen LogP contribution in [0.1, 0.15) is 16.7 Å². The second-order valence-electron chi connectivity index (χ2n) is 6.05. The molecule has 0 aromatic heterocycles. The number of anilines is 2. The Morgan fingerprint density at radius 1 is 0.931 bits per heavy atom. The minimum Gasteiger partial charge on any atom is -0.495 e. The van der Waals surface area contributed by atoms with Crippen molar-refractivity contribution in [2.75, 3.05) is 12.4 Å². The summed E-state index contributed by atoms with van der Waals surface area (Å²) in [5.41, 5.74) is -0.0764. The number of benzene rings is 3. The zero-order valence-electron chi connectivity index (χ0n) is 15.6. The maximum atomic E-state index is 15.2. The molecule has 7 heteroatoms. The second-order valence-corrected chi connectivity index (χ2v) is 7.13. The Balaban J connectivity index is 2.21. The summed E-state index contributed by atoms with van der Waals surface area (Å²) in [4.78, 5) is 0.540. The molecule has 3 rings (SSSR count). The van der Waals surface area contributed by atoms with E-state index in [1.165, 1.54) is 7.11 Å². The average molecular weight is 407 g/mol. The molecule has 0 aliphatic rings. The predicted molar refractivity (Wildman–Crippen MR) is 107 cm³/mol. The first kappa shape index (κ1) is 20.2. The van der Waals surface area contributed by atoms with E-state index >= 15 is 8.78 Å². The lowest BCUT2D eigenvalue weighted by atomic mass is 10.1. The first-order valence-corrected chi connectivity index (χ1v) is 9.31. The van der Waals surface area contributed by atoms with Gasteiger partial charge in [0.15, 0.2) is 11.6 Å². The molecule has 3 aromatic rings. The van der Waals surface area contributed by atoms with Crippen LogP contribution in [0.15, 0.2) is 58.3 Å². The monoisotopic (exact) mass is 407 g/mol. The molecule has 0 aliphatic heterocycles. The smallest absolute Gasteiger partial charge is 0.167 e. The van der Waals surface area contributed by atoms with E-state index in [4.69, 9.17) is 4.74 Å². The van der Waals surface area contributed by atoms with Gasteiger partial charge in [0, 0.05) is 4.90 Å². The summed E-state index contributed by atoms with van der Waals surface area (Å²) in [6.45, 7) is 1.92. The van der Waals surface area contributed by atoms with Crippen molar-refractivity contribution in [3.63, 3.8) is 0 Å². The van der Waals surface area contributed by atoms with Crippen LogP contribution in [0, 0.1) is 41.2 Å². The lowest BCUT2D eigenvalue weighted by Crippen LogP contribution is -2.06. The summed E-state index contributed by atoms with van der Waals surface area (Å²) in [5.74, 6) is -1.53. The van der Waals surface area contributed by atoms with Crippen molar-refractivity contribution in [2.24, 2.45) is 0 Å². The lowest BCUT2D eigenvalue weighted by Gasteiger charge is -2.17. The van der Waals surface area contributed by atoms with Crippen LogP contribution in [0.3, 0.4) is 0 Å². The largest absolute Gasteiger partial charge is 0.495 e. The predicted octanol–water partition coefficient (Wildman–Crippen LogP) is 5.92. The van der Waals surface area contributed by atoms with Crippen molar-refractivity contribution in [3.05, 3.63) is 76.9 Å². The van der Waals surface area contributed by atoms with Crippen molar-refractivity contribution in [1.82, 2.24) is 0 Å². The summed E-state index contributed by atoms with van der Waals surface area (Å²) in [6, 6.07) is 17.2. The highest BCUT2D eigenvalue weighted by molar-refractivity contribution is 7.99. The minimum atomic E-state index is -0.994. The average Bonchev–Trinajstić information content (AvgIpc) is 2.74. The summed E-state index contributed by atoms with van der Waals surface area (Å²) < 4.78 is 35.6. The number of nitrogens with zero attached hydrogens (tertiary/aromatic N) is 2. The van der Waals surface area contributed by atoms with Gasteiger partial charge in [-0.3, -0.25) is 0 Å². The highest BCUT2D eigenvalue weighted by Crippen LogP contribution is 2.42. The Morgan fingerprint density at radius 2 is 1.55 bits per heavy atom. The quantitative estimate of drug-likeness (QED) is 0.569. The first-order valence-electron chi connectivity index (χ1n) is 8.49. The van der Waals surface area contributed by atoms with Crippen LogP contribution in [-0.4, -0.2) is 7.11 Å². The number of nitrogens with one attached hydrogen (secondary N) is 1. The van der Waals surface area contributed by atoms with Gasteiger partial charge < -0.3 is 10.1 Å². The fourth-order valence-electron chi connectivity index (χ4n) is 2.69. The molecule has 0 fully saturated rings. The minimum absolute atomic E-state index is 0.118. The Hall–Kier alpha value is -3.55. The molecule has 144 valence electrons. The van der Waals surface area contributed by atoms with Crippen LogP contribution in [0.5, 0.6) is 5.75 Å². The van der Waals surface area contributed by atoms with Gasteiger partial charge in [-0.25, -0.2) is 8.78 Å². The van der Waals surface area contributed by atoms with Crippen molar-refractivity contribution >= 4 is 23.1 Å². The number of para-hydroxylation sites is 2. The van der Waals surface area contributed by atoms with E-state index in [0.29, 0.717) is 16.3 Å². The molecule has 0 unspecified atom stereocenters. The van der Waals surface area contributed by atoms with Crippen LogP contribution in [0.2, 0.25) is 0 Å². The van der Waals surface area contributed by atoms with Gasteiger partial charge in [-0.05, 0) is 31.2 Å². The van der Waals surface area contributed by atoms with Crippen LogP contribution < -0.4 is 10.1 Å². The molecular weight excluding hydrogens is 392 g/mol. The Kier molecular flexibility index (Phi) is 6.01. The van der Waals surface area contributed by atoms with Crippen molar-refractivity contribution < 1.29 is 13.5 Å². The molecule has 0 saturated carbocycles. The zero-order valence-corrected chi connectivity index (χ0v) is 16.4. The van der Waals surface area contributed by atoms with Gasteiger partial charge in [0.1, 0.15) is 29.0 Å². The van der Waals surface area contributed by atoms with Crippen molar-refractivity contribution in [1.29, 1.82) is 10.5 Å². The van der Waals surface area contributed by atoms with E-state index in [0.717, 1.165) is 17.3 Å². The zero-order chi connectivity index (χ0) is 21.0. The highest BCUT2D eigenvalue weighted by atomic mass is 32.2. The number of hydrogen-bond donors (Lipinski definition) is 1. The Morgan fingerprint density at radius 3 is 2.17 bits per heavy atom. The molecule has 0 aliphatic carbocycles. The molecule has 0 saturated heterocycles. The first-order chi connectivity index (χ1) is 14.0. The topological polar surface area (TPSA) is 68.8 Å². The summed E-state index contributed by atoms with van der Waals surface area (Å²) >= 11 is 0.966. The van der Waals surface area contributed by atoms with Gasteiger partial charge in [0.05, 0.1) is 23.4 Å². The van der Waals surface area contributed by atoms with Crippen LogP contribution >= 0.6 is 11.8 Å². The van der Waals surface area contributed by atoms with Crippen molar-refractivity contribution in [2.45, 2.75) is 16.7 Å². The number of aryl methyl sites for hydroxylation is 1. The summed E-state index contributed by atoms with van der Waals surface area (Å²) in [7, 11) is 1.46. The number of hydrogen-bond acceptors (Lipinski definition) is 5. The molecular formula is C22H15F2N3OS. The third-order valence-electron chi connectivity index (χ3n) is 4.17. The van der Waals surface area contributed by atoms with Gasteiger partial charge >= 0.3 is 0 Å². The molecule has 29 heavy (non-hydrogen) atoms. The van der Waals surface area contributed by atoms with Crippen molar-refractivity contribution in [3.8, 4) is 17.9 Å².